The fourth-order valence-corrected chi connectivity index (χ4v) is 4.00. The van der Waals surface area contributed by atoms with Crippen molar-refractivity contribution >= 4 is 23.1 Å². The highest BCUT2D eigenvalue weighted by Gasteiger charge is 2.39. The van der Waals surface area contributed by atoms with E-state index in [2.05, 4.69) is 10.2 Å². The average molecular weight is 454 g/mol. The second kappa shape index (κ2) is 10.6. The van der Waals surface area contributed by atoms with Gasteiger partial charge in [-0.25, -0.2) is 4.39 Å². The topological polar surface area (TPSA) is 71.1 Å². The van der Waals surface area contributed by atoms with Gasteiger partial charge < -0.3 is 14.8 Å². The molecule has 0 radical (unpaired) electrons. The van der Waals surface area contributed by atoms with Crippen molar-refractivity contribution in [1.82, 2.24) is 9.80 Å². The van der Waals surface area contributed by atoms with E-state index in [0.717, 1.165) is 19.6 Å². The molecule has 2 heterocycles. The SMILES string of the molecule is CCOc1ccc(NC2=C(c3ccc(F)cc3)C(=O)N(CCCN3CCOCC3)C2=O)cc1. The number of nitrogens with zero attached hydrogens (tertiary/aromatic N) is 2. The third-order valence-corrected chi connectivity index (χ3v) is 5.70. The predicted octanol–water partition coefficient (Wildman–Crippen LogP) is 3.14. The van der Waals surface area contributed by atoms with Crippen molar-refractivity contribution in [3.63, 3.8) is 0 Å². The Hall–Kier alpha value is -3.23. The molecule has 0 spiro atoms. The van der Waals surface area contributed by atoms with Gasteiger partial charge in [-0.05, 0) is 55.3 Å². The van der Waals surface area contributed by atoms with Crippen LogP contribution >= 0.6 is 0 Å². The first-order valence-corrected chi connectivity index (χ1v) is 11.2. The molecule has 174 valence electrons. The molecule has 0 saturated carbocycles. The normalized spacial score (nSPS) is 17.1. The molecule has 1 fully saturated rings. The zero-order chi connectivity index (χ0) is 23.2. The molecule has 7 nitrogen and oxygen atoms in total. The molecule has 2 amide bonds. The quantitative estimate of drug-likeness (QED) is 0.589. The summed E-state index contributed by atoms with van der Waals surface area (Å²) in [5.41, 5.74) is 1.60. The standard InChI is InChI=1S/C25H28FN3O4/c1-2-33-21-10-8-20(9-11-21)27-23-22(18-4-6-19(26)7-5-18)24(30)29(25(23)31)13-3-12-28-14-16-32-17-15-28/h4-11,27H,2-3,12-17H2,1H3. The molecule has 0 atom stereocenters. The lowest BCUT2D eigenvalue weighted by Gasteiger charge is -2.27. The molecule has 0 bridgehead atoms. The number of imide groups is 1. The monoisotopic (exact) mass is 453 g/mol. The van der Waals surface area contributed by atoms with Crippen LogP contribution in [-0.4, -0.2) is 67.6 Å². The molecule has 0 aromatic heterocycles. The van der Waals surface area contributed by atoms with E-state index >= 15 is 0 Å². The van der Waals surface area contributed by atoms with E-state index in [1.54, 1.807) is 24.3 Å². The molecule has 2 aliphatic rings. The van der Waals surface area contributed by atoms with Crippen LogP contribution in [0.3, 0.4) is 0 Å². The molecule has 1 N–H and O–H groups in total. The number of hydrogen-bond donors (Lipinski definition) is 1. The lowest BCUT2D eigenvalue weighted by Crippen LogP contribution is -2.39. The number of amides is 2. The summed E-state index contributed by atoms with van der Waals surface area (Å²) >= 11 is 0. The van der Waals surface area contributed by atoms with E-state index in [9.17, 15) is 14.0 Å². The van der Waals surface area contributed by atoms with E-state index in [4.69, 9.17) is 9.47 Å². The number of nitrogens with one attached hydrogen (secondary N) is 1. The summed E-state index contributed by atoms with van der Waals surface area (Å²) in [6, 6.07) is 12.8. The highest BCUT2D eigenvalue weighted by molar-refractivity contribution is 6.36. The van der Waals surface area contributed by atoms with Gasteiger partial charge in [0, 0.05) is 31.9 Å². The molecular formula is C25H28FN3O4. The molecule has 1 saturated heterocycles. The number of ether oxygens (including phenoxy) is 2. The molecule has 0 unspecified atom stereocenters. The largest absolute Gasteiger partial charge is 0.494 e. The van der Waals surface area contributed by atoms with Gasteiger partial charge in [0.1, 0.15) is 17.3 Å². The fourth-order valence-electron chi connectivity index (χ4n) is 4.00. The van der Waals surface area contributed by atoms with Gasteiger partial charge in [-0.3, -0.25) is 19.4 Å². The Bertz CT molecular complexity index is 1010. The number of benzene rings is 2. The second-order valence-electron chi connectivity index (χ2n) is 7.91. The summed E-state index contributed by atoms with van der Waals surface area (Å²) in [5, 5.41) is 3.11. The van der Waals surface area contributed by atoms with Crippen molar-refractivity contribution in [3.05, 3.63) is 65.6 Å². The number of halogens is 1. The van der Waals surface area contributed by atoms with Crippen molar-refractivity contribution in [1.29, 1.82) is 0 Å². The first kappa shape index (κ1) is 22.9. The molecule has 8 heteroatoms. The lowest BCUT2D eigenvalue weighted by molar-refractivity contribution is -0.136. The highest BCUT2D eigenvalue weighted by Crippen LogP contribution is 2.31. The van der Waals surface area contributed by atoms with Gasteiger partial charge in [0.25, 0.3) is 11.8 Å². The Labute approximate surface area is 192 Å². The van der Waals surface area contributed by atoms with Gasteiger partial charge in [0.05, 0.1) is 25.4 Å². The van der Waals surface area contributed by atoms with E-state index in [-0.39, 0.29) is 23.1 Å². The molecule has 2 aromatic carbocycles. The third-order valence-electron chi connectivity index (χ3n) is 5.70. The molecule has 33 heavy (non-hydrogen) atoms. The van der Waals surface area contributed by atoms with Crippen LogP contribution < -0.4 is 10.1 Å². The zero-order valence-electron chi connectivity index (χ0n) is 18.7. The molecular weight excluding hydrogens is 425 g/mol. The van der Waals surface area contributed by atoms with Crippen LogP contribution in [0.15, 0.2) is 54.2 Å². The van der Waals surface area contributed by atoms with Crippen molar-refractivity contribution < 1.29 is 23.5 Å². The summed E-state index contributed by atoms with van der Waals surface area (Å²) in [6.45, 7) is 6.67. The Balaban J connectivity index is 1.54. The molecule has 0 aliphatic carbocycles. The van der Waals surface area contributed by atoms with E-state index in [1.165, 1.54) is 29.2 Å². The summed E-state index contributed by atoms with van der Waals surface area (Å²) in [5.74, 6) is -0.439. The minimum absolute atomic E-state index is 0.196. The van der Waals surface area contributed by atoms with Crippen molar-refractivity contribution in [3.8, 4) is 5.75 Å². The maximum Gasteiger partial charge on any atom is 0.278 e. The van der Waals surface area contributed by atoms with Gasteiger partial charge in [-0.2, -0.15) is 0 Å². The van der Waals surface area contributed by atoms with Crippen LogP contribution in [-0.2, 0) is 14.3 Å². The minimum atomic E-state index is -0.403. The maximum atomic E-state index is 13.5. The van der Waals surface area contributed by atoms with Crippen LogP contribution in [0, 0.1) is 5.82 Å². The van der Waals surface area contributed by atoms with Crippen LogP contribution in [0.5, 0.6) is 5.75 Å². The van der Waals surface area contributed by atoms with Crippen LogP contribution in [0.1, 0.15) is 18.9 Å². The number of carbonyl (C=O) groups is 2. The molecule has 4 rings (SSSR count). The number of anilines is 1. The summed E-state index contributed by atoms with van der Waals surface area (Å²) in [6.07, 6.45) is 0.671. The Morgan fingerprint density at radius 3 is 2.33 bits per heavy atom. The zero-order valence-corrected chi connectivity index (χ0v) is 18.7. The second-order valence-corrected chi connectivity index (χ2v) is 7.91. The van der Waals surface area contributed by atoms with Crippen LogP contribution in [0.2, 0.25) is 0 Å². The first-order chi connectivity index (χ1) is 16.1. The fraction of sp³-hybridized carbons (Fsp3) is 0.360. The number of carbonyl (C=O) groups excluding carboxylic acids is 2. The minimum Gasteiger partial charge on any atom is -0.494 e. The van der Waals surface area contributed by atoms with Gasteiger partial charge in [0.15, 0.2) is 0 Å². The summed E-state index contributed by atoms with van der Waals surface area (Å²) < 4.78 is 24.3. The number of hydrogen-bond acceptors (Lipinski definition) is 6. The average Bonchev–Trinajstić information content (AvgIpc) is 3.06. The van der Waals surface area contributed by atoms with Gasteiger partial charge in [-0.15, -0.1) is 0 Å². The summed E-state index contributed by atoms with van der Waals surface area (Å²) in [4.78, 5) is 30.1. The van der Waals surface area contributed by atoms with E-state index in [1.807, 2.05) is 6.92 Å². The number of rotatable bonds is 9. The number of morpholine rings is 1. The predicted molar refractivity (Wildman–Crippen MR) is 123 cm³/mol. The van der Waals surface area contributed by atoms with E-state index in [0.29, 0.717) is 49.8 Å². The highest BCUT2D eigenvalue weighted by atomic mass is 19.1. The maximum absolute atomic E-state index is 13.5. The van der Waals surface area contributed by atoms with Gasteiger partial charge in [-0.1, -0.05) is 12.1 Å². The Kier molecular flexibility index (Phi) is 7.36. The molecule has 2 aromatic rings. The lowest BCUT2D eigenvalue weighted by atomic mass is 10.0. The van der Waals surface area contributed by atoms with E-state index < -0.39 is 5.82 Å². The molecule has 2 aliphatic heterocycles. The first-order valence-electron chi connectivity index (χ1n) is 11.2. The van der Waals surface area contributed by atoms with Gasteiger partial charge >= 0.3 is 0 Å². The van der Waals surface area contributed by atoms with Crippen molar-refractivity contribution in [2.45, 2.75) is 13.3 Å². The Morgan fingerprint density at radius 1 is 0.970 bits per heavy atom. The third kappa shape index (κ3) is 5.40. The van der Waals surface area contributed by atoms with Crippen molar-refractivity contribution in [2.24, 2.45) is 0 Å². The Morgan fingerprint density at radius 2 is 1.67 bits per heavy atom. The van der Waals surface area contributed by atoms with Crippen LogP contribution in [0.25, 0.3) is 5.57 Å². The van der Waals surface area contributed by atoms with Gasteiger partial charge in [0.2, 0.25) is 0 Å². The summed E-state index contributed by atoms with van der Waals surface area (Å²) in [7, 11) is 0. The smallest absolute Gasteiger partial charge is 0.278 e. The van der Waals surface area contributed by atoms with Crippen molar-refractivity contribution in [2.75, 3.05) is 51.3 Å². The van der Waals surface area contributed by atoms with Crippen LogP contribution in [0.4, 0.5) is 10.1 Å².